The molecule has 0 atom stereocenters. The maximum atomic E-state index is 3.53. The van der Waals surface area contributed by atoms with Gasteiger partial charge in [0, 0.05) is 40.4 Å². The van der Waals surface area contributed by atoms with Crippen LogP contribution in [0.3, 0.4) is 0 Å². The molecule has 0 saturated carbocycles. The van der Waals surface area contributed by atoms with Crippen LogP contribution < -0.4 is 5.32 Å². The maximum Gasteiger partial charge on any atom is 0.0300 e. The molecule has 0 unspecified atom stereocenters. The molecule has 3 nitrogen and oxygen atoms in total. The number of nitrogens with one attached hydrogen (secondary N) is 1. The van der Waals surface area contributed by atoms with Crippen LogP contribution in [0.4, 0.5) is 0 Å². The Morgan fingerprint density at radius 1 is 1.42 bits per heavy atom. The summed E-state index contributed by atoms with van der Waals surface area (Å²) in [5, 5.41) is 5.68. The lowest BCUT2D eigenvalue weighted by Crippen LogP contribution is -2.43. The highest BCUT2D eigenvalue weighted by Crippen LogP contribution is 2.19. The molecule has 1 fully saturated rings. The largest absolute Gasteiger partial charge is 0.311 e. The third-order valence-electron chi connectivity index (χ3n) is 3.81. The van der Waals surface area contributed by atoms with Crippen LogP contribution in [-0.2, 0) is 6.54 Å². The summed E-state index contributed by atoms with van der Waals surface area (Å²) in [5.74, 6) is 0. The van der Waals surface area contributed by atoms with Crippen LogP contribution in [0.25, 0.3) is 0 Å². The SMILES string of the molecule is CN(C)C1CCN(CCNCc2cc(Br)cs2)CC1. The minimum Gasteiger partial charge on any atom is -0.311 e. The lowest BCUT2D eigenvalue weighted by molar-refractivity contribution is 0.145. The molecule has 0 amide bonds. The van der Waals surface area contributed by atoms with Crippen molar-refractivity contribution in [1.82, 2.24) is 15.1 Å². The first kappa shape index (κ1) is 15.4. The van der Waals surface area contributed by atoms with Crippen molar-refractivity contribution in [3.63, 3.8) is 0 Å². The summed E-state index contributed by atoms with van der Waals surface area (Å²) in [6, 6.07) is 2.98. The van der Waals surface area contributed by atoms with Gasteiger partial charge >= 0.3 is 0 Å². The van der Waals surface area contributed by atoms with Crippen LogP contribution in [-0.4, -0.2) is 56.1 Å². The number of nitrogens with zero attached hydrogens (tertiary/aromatic N) is 2. The molecule has 2 heterocycles. The minimum atomic E-state index is 0.785. The fourth-order valence-electron chi connectivity index (χ4n) is 2.55. The highest BCUT2D eigenvalue weighted by atomic mass is 79.9. The normalized spacial score (nSPS) is 18.3. The van der Waals surface area contributed by atoms with E-state index in [1.807, 2.05) is 11.3 Å². The van der Waals surface area contributed by atoms with Crippen molar-refractivity contribution in [2.75, 3.05) is 40.3 Å². The third-order valence-corrected chi connectivity index (χ3v) is 5.51. The molecular weight excluding hydrogens is 322 g/mol. The Labute approximate surface area is 129 Å². The van der Waals surface area contributed by atoms with Crippen molar-refractivity contribution in [3.05, 3.63) is 20.8 Å². The average molecular weight is 346 g/mol. The lowest BCUT2D eigenvalue weighted by atomic mass is 10.0. The Hall–Kier alpha value is 0.0600. The molecule has 0 spiro atoms. The molecule has 1 N–H and O–H groups in total. The van der Waals surface area contributed by atoms with E-state index in [0.717, 1.165) is 19.1 Å². The Morgan fingerprint density at radius 2 is 2.16 bits per heavy atom. The van der Waals surface area contributed by atoms with Crippen molar-refractivity contribution in [2.24, 2.45) is 0 Å². The van der Waals surface area contributed by atoms with E-state index in [1.165, 1.54) is 41.8 Å². The summed E-state index contributed by atoms with van der Waals surface area (Å²) < 4.78 is 1.19. The van der Waals surface area contributed by atoms with E-state index in [0.29, 0.717) is 0 Å². The summed E-state index contributed by atoms with van der Waals surface area (Å²) in [7, 11) is 4.39. The van der Waals surface area contributed by atoms with Crippen molar-refractivity contribution in [1.29, 1.82) is 0 Å². The van der Waals surface area contributed by atoms with E-state index in [1.54, 1.807) is 0 Å². The first-order valence-corrected chi connectivity index (χ1v) is 8.65. The van der Waals surface area contributed by atoms with Crippen LogP contribution in [0.5, 0.6) is 0 Å². The number of rotatable bonds is 6. The Kier molecular flexibility index (Phi) is 6.29. The van der Waals surface area contributed by atoms with E-state index in [9.17, 15) is 0 Å². The molecular formula is C14H24BrN3S. The molecule has 1 aliphatic rings. The predicted molar refractivity (Wildman–Crippen MR) is 86.9 cm³/mol. The van der Waals surface area contributed by atoms with Gasteiger partial charge in [-0.3, -0.25) is 0 Å². The molecule has 19 heavy (non-hydrogen) atoms. The molecule has 0 bridgehead atoms. The molecule has 1 aliphatic heterocycles. The first-order valence-electron chi connectivity index (χ1n) is 6.97. The van der Waals surface area contributed by atoms with Gasteiger partial charge < -0.3 is 15.1 Å². The number of piperidine rings is 1. The van der Waals surface area contributed by atoms with Crippen molar-refractivity contribution < 1.29 is 0 Å². The van der Waals surface area contributed by atoms with Crippen LogP contribution in [0, 0.1) is 0 Å². The van der Waals surface area contributed by atoms with Gasteiger partial charge in [-0.25, -0.2) is 0 Å². The first-order chi connectivity index (χ1) is 9.15. The minimum absolute atomic E-state index is 0.785. The average Bonchev–Trinajstić information content (AvgIpc) is 2.81. The monoisotopic (exact) mass is 345 g/mol. The summed E-state index contributed by atoms with van der Waals surface area (Å²) in [5.41, 5.74) is 0. The quantitative estimate of drug-likeness (QED) is 0.799. The van der Waals surface area contributed by atoms with E-state index in [2.05, 4.69) is 56.6 Å². The zero-order valence-electron chi connectivity index (χ0n) is 11.9. The van der Waals surface area contributed by atoms with Gasteiger partial charge in [-0.1, -0.05) is 0 Å². The summed E-state index contributed by atoms with van der Waals surface area (Å²) >= 11 is 5.30. The van der Waals surface area contributed by atoms with Gasteiger partial charge in [0.15, 0.2) is 0 Å². The molecule has 1 aromatic heterocycles. The van der Waals surface area contributed by atoms with Gasteiger partial charge in [0.1, 0.15) is 0 Å². The highest BCUT2D eigenvalue weighted by molar-refractivity contribution is 9.10. The maximum absolute atomic E-state index is 3.53. The fourth-order valence-corrected chi connectivity index (χ4v) is 3.98. The van der Waals surface area contributed by atoms with Crippen molar-refractivity contribution in [3.8, 4) is 0 Å². The second-order valence-corrected chi connectivity index (χ2v) is 7.36. The predicted octanol–water partition coefficient (Wildman–Crippen LogP) is 2.63. The Bertz CT molecular complexity index is 373. The zero-order chi connectivity index (χ0) is 13.7. The third kappa shape index (κ3) is 5.16. The molecule has 0 aliphatic carbocycles. The smallest absolute Gasteiger partial charge is 0.0300 e. The Balaban J connectivity index is 1.57. The second-order valence-electron chi connectivity index (χ2n) is 5.44. The van der Waals surface area contributed by atoms with Crippen LogP contribution in [0.15, 0.2) is 15.9 Å². The highest BCUT2D eigenvalue weighted by Gasteiger charge is 2.19. The topological polar surface area (TPSA) is 18.5 Å². The van der Waals surface area contributed by atoms with Gasteiger partial charge in [-0.05, 0) is 62.0 Å². The van der Waals surface area contributed by atoms with E-state index >= 15 is 0 Å². The van der Waals surface area contributed by atoms with Crippen molar-refractivity contribution in [2.45, 2.75) is 25.4 Å². The molecule has 1 aromatic rings. The van der Waals surface area contributed by atoms with Gasteiger partial charge in [-0.2, -0.15) is 0 Å². The number of halogens is 1. The van der Waals surface area contributed by atoms with Gasteiger partial charge in [-0.15, -0.1) is 11.3 Å². The molecule has 5 heteroatoms. The molecule has 0 aromatic carbocycles. The number of hydrogen-bond donors (Lipinski definition) is 1. The fraction of sp³-hybridized carbons (Fsp3) is 0.714. The molecule has 2 rings (SSSR count). The van der Waals surface area contributed by atoms with Crippen LogP contribution in [0.1, 0.15) is 17.7 Å². The number of likely N-dealkylation sites (tertiary alicyclic amines) is 1. The molecule has 108 valence electrons. The summed E-state index contributed by atoms with van der Waals surface area (Å²) in [6.45, 7) is 5.74. The van der Waals surface area contributed by atoms with Gasteiger partial charge in [0.2, 0.25) is 0 Å². The molecule has 0 radical (unpaired) electrons. The summed E-state index contributed by atoms with van der Waals surface area (Å²) in [4.78, 5) is 6.35. The van der Waals surface area contributed by atoms with Crippen LogP contribution in [0.2, 0.25) is 0 Å². The number of thiophene rings is 1. The van der Waals surface area contributed by atoms with Gasteiger partial charge in [0.25, 0.3) is 0 Å². The van der Waals surface area contributed by atoms with Crippen LogP contribution >= 0.6 is 27.3 Å². The van der Waals surface area contributed by atoms with E-state index in [4.69, 9.17) is 0 Å². The van der Waals surface area contributed by atoms with Crippen molar-refractivity contribution >= 4 is 27.3 Å². The van der Waals surface area contributed by atoms with E-state index < -0.39 is 0 Å². The number of hydrogen-bond acceptors (Lipinski definition) is 4. The zero-order valence-corrected chi connectivity index (χ0v) is 14.3. The van der Waals surface area contributed by atoms with Gasteiger partial charge in [0.05, 0.1) is 0 Å². The standard InChI is InChI=1S/C14H24BrN3S/c1-17(2)13-3-6-18(7-4-13)8-5-16-10-14-9-12(15)11-19-14/h9,11,13,16H,3-8,10H2,1-2H3. The summed E-state index contributed by atoms with van der Waals surface area (Å²) in [6.07, 6.45) is 2.62. The van der Waals surface area contributed by atoms with E-state index in [-0.39, 0.29) is 0 Å². The lowest BCUT2D eigenvalue weighted by Gasteiger charge is -2.35. The molecule has 1 saturated heterocycles. The Morgan fingerprint density at radius 3 is 2.74 bits per heavy atom. The second kappa shape index (κ2) is 7.74.